The smallest absolute Gasteiger partial charge is 0.294 e. The fourth-order valence-electron chi connectivity index (χ4n) is 2.15. The van der Waals surface area contributed by atoms with Crippen LogP contribution >= 0.6 is 23.2 Å². The monoisotopic (exact) mass is 289 g/mol. The minimum atomic E-state index is -0.447. The van der Waals surface area contributed by atoms with Gasteiger partial charge in [-0.15, -0.1) is 0 Å². The van der Waals surface area contributed by atoms with Gasteiger partial charge in [-0.05, 0) is 18.9 Å². The summed E-state index contributed by atoms with van der Waals surface area (Å²) < 4.78 is 0. The van der Waals surface area contributed by atoms with Gasteiger partial charge in [0.25, 0.3) is 5.69 Å². The van der Waals surface area contributed by atoms with Crippen LogP contribution in [0.4, 0.5) is 11.4 Å². The van der Waals surface area contributed by atoms with Crippen molar-refractivity contribution < 1.29 is 4.92 Å². The number of benzene rings is 1. The number of piperidine rings is 1. The lowest BCUT2D eigenvalue weighted by molar-refractivity contribution is -0.384. The first-order valence-electron chi connectivity index (χ1n) is 5.63. The van der Waals surface area contributed by atoms with Crippen LogP contribution in [-0.4, -0.2) is 24.1 Å². The van der Waals surface area contributed by atoms with Crippen molar-refractivity contribution in [2.24, 2.45) is 5.73 Å². The van der Waals surface area contributed by atoms with Crippen molar-refractivity contribution in [3.05, 3.63) is 32.3 Å². The molecule has 0 saturated carbocycles. The maximum Gasteiger partial charge on any atom is 0.294 e. The minimum absolute atomic E-state index is 0.0292. The van der Waals surface area contributed by atoms with Crippen LogP contribution < -0.4 is 10.6 Å². The number of nitrogens with zero attached hydrogens (tertiary/aromatic N) is 2. The van der Waals surface area contributed by atoms with E-state index in [1.54, 1.807) is 6.07 Å². The van der Waals surface area contributed by atoms with Gasteiger partial charge in [-0.1, -0.05) is 23.2 Å². The molecule has 0 amide bonds. The van der Waals surface area contributed by atoms with E-state index in [0.717, 1.165) is 19.4 Å². The number of rotatable bonds is 2. The molecular formula is C11H13Cl2N3O2. The summed E-state index contributed by atoms with van der Waals surface area (Å²) in [6.45, 7) is 1.34. The van der Waals surface area contributed by atoms with Gasteiger partial charge >= 0.3 is 0 Å². The van der Waals surface area contributed by atoms with Crippen LogP contribution in [0.1, 0.15) is 12.8 Å². The molecule has 1 fully saturated rings. The quantitative estimate of drug-likeness (QED) is 0.671. The topological polar surface area (TPSA) is 72.4 Å². The molecule has 1 aliphatic heterocycles. The Kier molecular flexibility index (Phi) is 3.94. The lowest BCUT2D eigenvalue weighted by Gasteiger charge is -2.32. The summed E-state index contributed by atoms with van der Waals surface area (Å²) in [5.41, 5.74) is 6.35. The molecule has 1 saturated heterocycles. The highest BCUT2D eigenvalue weighted by Gasteiger charge is 2.25. The van der Waals surface area contributed by atoms with Gasteiger partial charge in [0.15, 0.2) is 0 Å². The summed E-state index contributed by atoms with van der Waals surface area (Å²) in [4.78, 5) is 12.5. The van der Waals surface area contributed by atoms with Crippen LogP contribution in [0.25, 0.3) is 0 Å². The first kappa shape index (κ1) is 13.4. The molecule has 1 aliphatic rings. The zero-order chi connectivity index (χ0) is 13.3. The molecule has 2 N–H and O–H groups in total. The second-order valence-corrected chi connectivity index (χ2v) is 5.17. The van der Waals surface area contributed by atoms with E-state index < -0.39 is 4.92 Å². The van der Waals surface area contributed by atoms with Crippen molar-refractivity contribution in [1.82, 2.24) is 0 Å². The van der Waals surface area contributed by atoms with E-state index in [1.807, 2.05) is 4.90 Å². The summed E-state index contributed by atoms with van der Waals surface area (Å²) in [5.74, 6) is 0. The van der Waals surface area contributed by atoms with Gasteiger partial charge in [-0.3, -0.25) is 10.1 Å². The van der Waals surface area contributed by atoms with Crippen molar-refractivity contribution in [3.8, 4) is 0 Å². The third-order valence-corrected chi connectivity index (χ3v) is 3.73. The third kappa shape index (κ3) is 2.68. The highest BCUT2D eigenvalue weighted by Crippen LogP contribution is 2.37. The Bertz CT molecular complexity index is 482. The molecule has 0 aromatic heterocycles. The van der Waals surface area contributed by atoms with Gasteiger partial charge in [-0.2, -0.15) is 0 Å². The predicted octanol–water partition coefficient (Wildman–Crippen LogP) is 2.83. The molecule has 5 nitrogen and oxygen atoms in total. The number of hydrogen-bond donors (Lipinski definition) is 1. The highest BCUT2D eigenvalue weighted by atomic mass is 35.5. The lowest BCUT2D eigenvalue weighted by Crippen LogP contribution is -2.43. The number of hydrogen-bond acceptors (Lipinski definition) is 4. The Hall–Kier alpha value is -1.04. The third-order valence-electron chi connectivity index (χ3n) is 3.01. The van der Waals surface area contributed by atoms with Crippen LogP contribution in [0.3, 0.4) is 0 Å². The summed E-state index contributed by atoms with van der Waals surface area (Å²) in [6.07, 6.45) is 1.85. The average Bonchev–Trinajstić information content (AvgIpc) is 2.31. The molecule has 18 heavy (non-hydrogen) atoms. The Morgan fingerprint density at radius 3 is 2.67 bits per heavy atom. The van der Waals surface area contributed by atoms with Crippen molar-refractivity contribution in [3.63, 3.8) is 0 Å². The molecule has 0 bridgehead atoms. The zero-order valence-electron chi connectivity index (χ0n) is 9.60. The van der Waals surface area contributed by atoms with Gasteiger partial charge in [0, 0.05) is 25.2 Å². The number of nitro groups is 1. The second-order valence-electron chi connectivity index (χ2n) is 4.36. The standard InChI is InChI=1S/C11H13Cl2N3O2/c12-8-4-10(11(16(17)18)5-9(8)13)15-3-1-2-7(14)6-15/h4-5,7H,1-3,6,14H2. The Morgan fingerprint density at radius 2 is 2.06 bits per heavy atom. The average molecular weight is 290 g/mol. The van der Waals surface area contributed by atoms with Crippen LogP contribution in [0.15, 0.2) is 12.1 Å². The maximum atomic E-state index is 11.1. The molecule has 1 aromatic carbocycles. The van der Waals surface area contributed by atoms with Crippen molar-refractivity contribution >= 4 is 34.6 Å². The molecule has 7 heteroatoms. The van der Waals surface area contributed by atoms with Gasteiger partial charge in [0.05, 0.1) is 15.0 Å². The van der Waals surface area contributed by atoms with Crippen LogP contribution in [-0.2, 0) is 0 Å². The van der Waals surface area contributed by atoms with Gasteiger partial charge in [0.2, 0.25) is 0 Å². The second kappa shape index (κ2) is 5.30. The largest absolute Gasteiger partial charge is 0.364 e. The molecule has 1 atom stereocenters. The van der Waals surface area contributed by atoms with E-state index in [4.69, 9.17) is 28.9 Å². The fourth-order valence-corrected chi connectivity index (χ4v) is 2.47. The molecule has 98 valence electrons. The summed E-state index contributed by atoms with van der Waals surface area (Å²) in [7, 11) is 0. The Morgan fingerprint density at radius 1 is 1.39 bits per heavy atom. The van der Waals surface area contributed by atoms with Gasteiger partial charge in [0.1, 0.15) is 5.69 Å². The maximum absolute atomic E-state index is 11.1. The van der Waals surface area contributed by atoms with E-state index in [0.29, 0.717) is 17.3 Å². The van der Waals surface area contributed by atoms with Crippen molar-refractivity contribution in [2.75, 3.05) is 18.0 Å². The van der Waals surface area contributed by atoms with Crippen LogP contribution in [0, 0.1) is 10.1 Å². The highest BCUT2D eigenvalue weighted by molar-refractivity contribution is 6.42. The van der Waals surface area contributed by atoms with E-state index >= 15 is 0 Å². The summed E-state index contributed by atoms with van der Waals surface area (Å²) >= 11 is 11.8. The van der Waals surface area contributed by atoms with Crippen LogP contribution in [0.2, 0.25) is 10.0 Å². The van der Waals surface area contributed by atoms with Crippen molar-refractivity contribution in [1.29, 1.82) is 0 Å². The summed E-state index contributed by atoms with van der Waals surface area (Å²) in [5, 5.41) is 11.6. The molecule has 1 aromatic rings. The van der Waals surface area contributed by atoms with E-state index in [1.165, 1.54) is 6.07 Å². The molecule has 0 radical (unpaired) electrons. The molecule has 0 spiro atoms. The van der Waals surface area contributed by atoms with Crippen LogP contribution in [0.5, 0.6) is 0 Å². The minimum Gasteiger partial charge on any atom is -0.364 e. The normalized spacial score (nSPS) is 19.9. The first-order chi connectivity index (χ1) is 8.49. The Balaban J connectivity index is 2.41. The Labute approximate surface area is 115 Å². The fraction of sp³-hybridized carbons (Fsp3) is 0.455. The molecule has 1 unspecified atom stereocenters. The molecular weight excluding hydrogens is 277 g/mol. The van der Waals surface area contributed by atoms with Gasteiger partial charge in [-0.25, -0.2) is 0 Å². The molecule has 0 aliphatic carbocycles. The molecule has 1 heterocycles. The number of nitrogens with two attached hydrogens (primary N) is 1. The SMILES string of the molecule is NC1CCCN(c2cc(Cl)c(Cl)cc2[N+](=O)[O-])C1. The number of nitro benzene ring substituents is 1. The van der Waals surface area contributed by atoms with E-state index in [-0.39, 0.29) is 16.8 Å². The first-order valence-corrected chi connectivity index (χ1v) is 6.38. The van der Waals surface area contributed by atoms with Crippen molar-refractivity contribution in [2.45, 2.75) is 18.9 Å². The number of halogens is 2. The van der Waals surface area contributed by atoms with E-state index in [2.05, 4.69) is 0 Å². The van der Waals surface area contributed by atoms with E-state index in [9.17, 15) is 10.1 Å². The predicted molar refractivity (Wildman–Crippen MR) is 72.5 cm³/mol. The molecule has 2 rings (SSSR count). The lowest BCUT2D eigenvalue weighted by atomic mass is 10.1. The summed E-state index contributed by atoms with van der Waals surface area (Å²) in [6, 6.07) is 2.87. The van der Waals surface area contributed by atoms with Gasteiger partial charge < -0.3 is 10.6 Å². The number of anilines is 1. The zero-order valence-corrected chi connectivity index (χ0v) is 11.1.